The average Bonchev–Trinajstić information content (AvgIpc) is 2.60. The summed E-state index contributed by atoms with van der Waals surface area (Å²) >= 11 is 5.89. The number of benzene rings is 2. The van der Waals surface area contributed by atoms with Gasteiger partial charge in [-0.3, -0.25) is 0 Å². The van der Waals surface area contributed by atoms with Crippen LogP contribution in [0.25, 0.3) is 0 Å². The van der Waals surface area contributed by atoms with Crippen molar-refractivity contribution in [3.8, 4) is 11.5 Å². The number of hydrogen-bond donors (Lipinski definition) is 1. The molecule has 2 aromatic carbocycles. The van der Waals surface area contributed by atoms with Crippen LogP contribution in [0.15, 0.2) is 55.1 Å². The highest BCUT2D eigenvalue weighted by Crippen LogP contribution is 2.28. The van der Waals surface area contributed by atoms with Crippen molar-refractivity contribution in [2.24, 2.45) is 0 Å². The molecule has 24 heavy (non-hydrogen) atoms. The molecule has 0 saturated carbocycles. The van der Waals surface area contributed by atoms with Gasteiger partial charge in [0.05, 0.1) is 6.61 Å². The fourth-order valence-corrected chi connectivity index (χ4v) is 2.44. The van der Waals surface area contributed by atoms with Gasteiger partial charge < -0.3 is 14.8 Å². The van der Waals surface area contributed by atoms with Crippen molar-refractivity contribution in [3.05, 3.63) is 71.3 Å². The maximum absolute atomic E-state index is 5.89. The summed E-state index contributed by atoms with van der Waals surface area (Å²) in [6.07, 6.45) is 2.69. The topological polar surface area (TPSA) is 30.5 Å². The molecule has 0 radical (unpaired) electrons. The Bertz CT molecular complexity index is 641. The molecular formula is C20H24ClNO2. The minimum absolute atomic E-state index is 0.471. The van der Waals surface area contributed by atoms with Crippen molar-refractivity contribution in [3.63, 3.8) is 0 Å². The number of halogens is 1. The third-order valence-electron chi connectivity index (χ3n) is 3.50. The van der Waals surface area contributed by atoms with E-state index >= 15 is 0 Å². The Morgan fingerprint density at radius 3 is 2.50 bits per heavy atom. The van der Waals surface area contributed by atoms with Crippen LogP contribution in [0.2, 0.25) is 5.02 Å². The Morgan fingerprint density at radius 1 is 1.04 bits per heavy atom. The molecule has 0 atom stereocenters. The second kappa shape index (κ2) is 10.0. The van der Waals surface area contributed by atoms with E-state index in [2.05, 4.69) is 30.1 Å². The van der Waals surface area contributed by atoms with Gasteiger partial charge in [0.2, 0.25) is 0 Å². The molecule has 2 aromatic rings. The Balaban J connectivity index is 1.86. The van der Waals surface area contributed by atoms with Crippen molar-refractivity contribution in [2.45, 2.75) is 19.9 Å². The van der Waals surface area contributed by atoms with Crippen molar-refractivity contribution >= 4 is 11.6 Å². The quantitative estimate of drug-likeness (QED) is 0.503. The summed E-state index contributed by atoms with van der Waals surface area (Å²) in [6, 6.07) is 14.0. The molecule has 3 nitrogen and oxygen atoms in total. The minimum Gasteiger partial charge on any atom is -0.490 e. The fourth-order valence-electron chi connectivity index (χ4n) is 2.32. The highest BCUT2D eigenvalue weighted by atomic mass is 35.5. The zero-order valence-corrected chi connectivity index (χ0v) is 14.8. The van der Waals surface area contributed by atoms with Gasteiger partial charge in [-0.1, -0.05) is 42.5 Å². The van der Waals surface area contributed by atoms with Crippen molar-refractivity contribution in [1.29, 1.82) is 0 Å². The molecular weight excluding hydrogens is 322 g/mol. The summed E-state index contributed by atoms with van der Waals surface area (Å²) in [7, 11) is 0. The van der Waals surface area contributed by atoms with Crippen molar-refractivity contribution in [1.82, 2.24) is 5.32 Å². The molecule has 0 heterocycles. The largest absolute Gasteiger partial charge is 0.490 e. The van der Waals surface area contributed by atoms with Gasteiger partial charge in [0.15, 0.2) is 11.5 Å². The third kappa shape index (κ3) is 5.91. The number of rotatable bonds is 10. The third-order valence-corrected chi connectivity index (χ3v) is 3.75. The highest BCUT2D eigenvalue weighted by Gasteiger charge is 2.06. The Labute approximate surface area is 149 Å². The lowest BCUT2D eigenvalue weighted by molar-refractivity contribution is 0.296. The zero-order chi connectivity index (χ0) is 17.2. The van der Waals surface area contributed by atoms with Crippen molar-refractivity contribution < 1.29 is 9.47 Å². The lowest BCUT2D eigenvalue weighted by Crippen LogP contribution is -2.16. The molecule has 0 aliphatic heterocycles. The van der Waals surface area contributed by atoms with E-state index in [4.69, 9.17) is 21.1 Å². The van der Waals surface area contributed by atoms with Gasteiger partial charge >= 0.3 is 0 Å². The standard InChI is InChI=1S/C20H24ClNO2/c1-3-13-24-19-10-7-17(14-20(19)23-4-2)15-22-12-11-16-5-8-18(21)9-6-16/h3,5-10,14,22H,1,4,11-13,15H2,2H3. The lowest BCUT2D eigenvalue weighted by Gasteiger charge is -2.13. The van der Waals surface area contributed by atoms with E-state index in [0.717, 1.165) is 36.0 Å². The first-order valence-corrected chi connectivity index (χ1v) is 8.55. The van der Waals surface area contributed by atoms with E-state index in [-0.39, 0.29) is 0 Å². The number of hydrogen-bond acceptors (Lipinski definition) is 3. The molecule has 2 rings (SSSR count). The maximum atomic E-state index is 5.89. The van der Waals surface area contributed by atoms with E-state index in [0.29, 0.717) is 13.2 Å². The number of ether oxygens (including phenoxy) is 2. The Kier molecular flexibility index (Phi) is 7.66. The highest BCUT2D eigenvalue weighted by molar-refractivity contribution is 6.30. The van der Waals surface area contributed by atoms with Gasteiger partial charge in [-0.2, -0.15) is 0 Å². The smallest absolute Gasteiger partial charge is 0.161 e. The molecule has 1 N–H and O–H groups in total. The summed E-state index contributed by atoms with van der Waals surface area (Å²) in [4.78, 5) is 0. The second-order valence-corrected chi connectivity index (χ2v) is 5.80. The van der Waals surface area contributed by atoms with Crippen LogP contribution in [0.1, 0.15) is 18.1 Å². The van der Waals surface area contributed by atoms with Crippen LogP contribution in [-0.2, 0) is 13.0 Å². The predicted molar refractivity (Wildman–Crippen MR) is 100 cm³/mol. The normalized spacial score (nSPS) is 10.4. The molecule has 0 amide bonds. The summed E-state index contributed by atoms with van der Waals surface area (Å²) < 4.78 is 11.3. The van der Waals surface area contributed by atoms with Crippen LogP contribution in [0.5, 0.6) is 11.5 Å². The van der Waals surface area contributed by atoms with Gasteiger partial charge in [0, 0.05) is 11.6 Å². The molecule has 0 bridgehead atoms. The van der Waals surface area contributed by atoms with Crippen LogP contribution in [-0.4, -0.2) is 19.8 Å². The van der Waals surface area contributed by atoms with Gasteiger partial charge in [-0.15, -0.1) is 0 Å². The first-order chi connectivity index (χ1) is 11.7. The molecule has 0 aromatic heterocycles. The van der Waals surface area contributed by atoms with E-state index in [1.54, 1.807) is 6.08 Å². The van der Waals surface area contributed by atoms with E-state index in [1.165, 1.54) is 11.1 Å². The minimum atomic E-state index is 0.471. The van der Waals surface area contributed by atoms with Crippen LogP contribution < -0.4 is 14.8 Å². The van der Waals surface area contributed by atoms with E-state index < -0.39 is 0 Å². The van der Waals surface area contributed by atoms with Crippen LogP contribution in [0, 0.1) is 0 Å². The first-order valence-electron chi connectivity index (χ1n) is 8.17. The van der Waals surface area contributed by atoms with E-state index in [9.17, 15) is 0 Å². The van der Waals surface area contributed by atoms with Crippen molar-refractivity contribution in [2.75, 3.05) is 19.8 Å². The predicted octanol–water partition coefficient (Wildman–Crippen LogP) is 4.64. The van der Waals surface area contributed by atoms with Gasteiger partial charge in [0.1, 0.15) is 6.61 Å². The molecule has 0 spiro atoms. The van der Waals surface area contributed by atoms with Crippen LogP contribution in [0.4, 0.5) is 0 Å². The van der Waals surface area contributed by atoms with Crippen LogP contribution >= 0.6 is 11.6 Å². The SMILES string of the molecule is C=CCOc1ccc(CNCCc2ccc(Cl)cc2)cc1OCC. The summed E-state index contributed by atoms with van der Waals surface area (Å²) in [5.74, 6) is 1.53. The second-order valence-electron chi connectivity index (χ2n) is 5.37. The Morgan fingerprint density at radius 2 is 1.79 bits per heavy atom. The lowest BCUT2D eigenvalue weighted by atomic mass is 10.1. The molecule has 0 aliphatic rings. The van der Waals surface area contributed by atoms with E-state index in [1.807, 2.05) is 31.2 Å². The van der Waals surface area contributed by atoms with Gasteiger partial charge in [-0.25, -0.2) is 0 Å². The number of nitrogens with one attached hydrogen (secondary N) is 1. The summed E-state index contributed by atoms with van der Waals surface area (Å²) in [5, 5.41) is 4.22. The molecule has 0 aliphatic carbocycles. The molecule has 0 fully saturated rings. The summed E-state index contributed by atoms with van der Waals surface area (Å²) in [5.41, 5.74) is 2.44. The van der Waals surface area contributed by atoms with Crippen LogP contribution in [0.3, 0.4) is 0 Å². The van der Waals surface area contributed by atoms with Gasteiger partial charge in [0.25, 0.3) is 0 Å². The fraction of sp³-hybridized carbons (Fsp3) is 0.300. The zero-order valence-electron chi connectivity index (χ0n) is 14.1. The Hall–Kier alpha value is -1.97. The molecule has 128 valence electrons. The maximum Gasteiger partial charge on any atom is 0.161 e. The monoisotopic (exact) mass is 345 g/mol. The summed E-state index contributed by atoms with van der Waals surface area (Å²) in [6.45, 7) is 8.40. The first kappa shape index (κ1) is 18.4. The molecule has 0 unspecified atom stereocenters. The molecule has 0 saturated heterocycles. The molecule has 4 heteroatoms. The average molecular weight is 346 g/mol. The van der Waals surface area contributed by atoms with Gasteiger partial charge in [-0.05, 0) is 55.3 Å².